The number of pyridine rings is 1. The topological polar surface area (TPSA) is 66.9 Å². The lowest BCUT2D eigenvalue weighted by Crippen LogP contribution is -2.17. The Morgan fingerprint density at radius 2 is 1.66 bits per heavy atom. The van der Waals surface area contributed by atoms with E-state index in [4.69, 9.17) is 9.47 Å². The highest BCUT2D eigenvalue weighted by molar-refractivity contribution is 5.93. The van der Waals surface area contributed by atoms with Crippen molar-refractivity contribution in [2.45, 2.75) is 12.5 Å². The summed E-state index contributed by atoms with van der Waals surface area (Å²) in [6.45, 7) is 0. The van der Waals surface area contributed by atoms with Crippen LogP contribution < -0.4 is 14.2 Å². The molecular formula is C16H10F7NO5. The van der Waals surface area contributed by atoms with Crippen LogP contribution in [0.15, 0.2) is 24.4 Å². The van der Waals surface area contributed by atoms with Crippen LogP contribution in [0.25, 0.3) is 0 Å². The van der Waals surface area contributed by atoms with Gasteiger partial charge < -0.3 is 18.9 Å². The lowest BCUT2D eigenvalue weighted by atomic mass is 10.2. The number of methoxy groups -OCH3 is 2. The molecule has 158 valence electrons. The normalized spacial score (nSPS) is 11.8. The fourth-order valence-electron chi connectivity index (χ4n) is 2.09. The molecule has 0 bridgehead atoms. The molecule has 1 heterocycles. The van der Waals surface area contributed by atoms with Gasteiger partial charge in [0.2, 0.25) is 0 Å². The van der Waals surface area contributed by atoms with Gasteiger partial charge in [-0.25, -0.2) is 14.2 Å². The van der Waals surface area contributed by atoms with Gasteiger partial charge in [0.05, 0.1) is 20.4 Å². The number of benzene rings is 1. The van der Waals surface area contributed by atoms with Crippen molar-refractivity contribution in [3.63, 3.8) is 0 Å². The van der Waals surface area contributed by atoms with E-state index in [-0.39, 0.29) is 11.5 Å². The molecule has 0 atom stereocenters. The molecule has 0 aliphatic carbocycles. The van der Waals surface area contributed by atoms with Gasteiger partial charge in [0.25, 0.3) is 0 Å². The van der Waals surface area contributed by atoms with E-state index in [0.29, 0.717) is 6.20 Å². The maximum Gasteiger partial charge on any atom is 0.573 e. The van der Waals surface area contributed by atoms with Crippen LogP contribution in [0.3, 0.4) is 0 Å². The van der Waals surface area contributed by atoms with Crippen LogP contribution in [0.2, 0.25) is 0 Å². The molecule has 0 aliphatic heterocycles. The zero-order chi connectivity index (χ0) is 22.0. The third kappa shape index (κ3) is 5.18. The van der Waals surface area contributed by atoms with Crippen LogP contribution in [0.1, 0.15) is 16.1 Å². The minimum atomic E-state index is -5.21. The van der Waals surface area contributed by atoms with Crippen molar-refractivity contribution in [1.29, 1.82) is 0 Å². The second kappa shape index (κ2) is 8.01. The molecule has 0 unspecified atom stereocenters. The van der Waals surface area contributed by atoms with E-state index in [9.17, 15) is 35.5 Å². The van der Waals surface area contributed by atoms with Crippen LogP contribution >= 0.6 is 0 Å². The summed E-state index contributed by atoms with van der Waals surface area (Å²) in [5, 5.41) is 0. The van der Waals surface area contributed by atoms with E-state index in [1.165, 1.54) is 0 Å². The molecule has 6 nitrogen and oxygen atoms in total. The van der Waals surface area contributed by atoms with Gasteiger partial charge in [-0.05, 0) is 12.1 Å². The Morgan fingerprint density at radius 3 is 2.17 bits per heavy atom. The molecular weight excluding hydrogens is 419 g/mol. The van der Waals surface area contributed by atoms with Crippen molar-refractivity contribution < 1.29 is 54.5 Å². The zero-order valence-corrected chi connectivity index (χ0v) is 14.4. The Hall–Kier alpha value is -3.25. The first-order chi connectivity index (χ1) is 13.4. The van der Waals surface area contributed by atoms with E-state index in [1.54, 1.807) is 0 Å². The standard InChI is InChI=1S/C16H10F7NO5/c1-26-9-5-7(29-16(21,22)23)3-4-8(9)28-10-6-24-13(15(18,19)20)12(17)11(10)14(25)27-2/h3-6H,1-2H3. The first-order valence-corrected chi connectivity index (χ1v) is 7.33. The van der Waals surface area contributed by atoms with Crippen LogP contribution in [0.5, 0.6) is 23.0 Å². The first kappa shape index (κ1) is 22.0. The predicted molar refractivity (Wildman–Crippen MR) is 80.3 cm³/mol. The first-order valence-electron chi connectivity index (χ1n) is 7.33. The Bertz CT molecular complexity index is 912. The summed E-state index contributed by atoms with van der Waals surface area (Å²) >= 11 is 0. The van der Waals surface area contributed by atoms with Crippen molar-refractivity contribution in [2.24, 2.45) is 0 Å². The molecule has 0 spiro atoms. The minimum absolute atomic E-state index is 0.358. The van der Waals surface area contributed by atoms with E-state index in [1.807, 2.05) is 0 Å². The van der Waals surface area contributed by atoms with Crippen LogP contribution in [0, 0.1) is 5.82 Å². The molecule has 0 saturated heterocycles. The van der Waals surface area contributed by atoms with Gasteiger partial charge in [-0.2, -0.15) is 13.2 Å². The summed E-state index contributed by atoms with van der Waals surface area (Å²) < 4.78 is 108. The summed E-state index contributed by atoms with van der Waals surface area (Å²) in [6.07, 6.45) is -9.79. The van der Waals surface area contributed by atoms with Gasteiger partial charge in [-0.1, -0.05) is 0 Å². The van der Waals surface area contributed by atoms with Gasteiger partial charge in [0.1, 0.15) is 11.3 Å². The van der Waals surface area contributed by atoms with E-state index in [0.717, 1.165) is 32.4 Å². The Morgan fingerprint density at radius 1 is 1.00 bits per heavy atom. The van der Waals surface area contributed by atoms with Gasteiger partial charge >= 0.3 is 18.5 Å². The molecule has 0 saturated carbocycles. The summed E-state index contributed by atoms with van der Waals surface area (Å²) in [6, 6.07) is 2.46. The van der Waals surface area contributed by atoms with Crippen molar-refractivity contribution in [2.75, 3.05) is 14.2 Å². The van der Waals surface area contributed by atoms with Gasteiger partial charge in [-0.15, -0.1) is 13.2 Å². The molecule has 1 aromatic heterocycles. The second-order valence-electron chi connectivity index (χ2n) is 5.11. The number of nitrogens with zero attached hydrogens (tertiary/aromatic N) is 1. The van der Waals surface area contributed by atoms with Crippen LogP contribution in [-0.2, 0) is 10.9 Å². The maximum absolute atomic E-state index is 14.3. The van der Waals surface area contributed by atoms with Crippen molar-refractivity contribution in [3.05, 3.63) is 41.5 Å². The highest BCUT2D eigenvalue weighted by Gasteiger charge is 2.40. The Labute approximate surface area is 157 Å². The maximum atomic E-state index is 14.3. The lowest BCUT2D eigenvalue weighted by molar-refractivity contribution is -0.274. The monoisotopic (exact) mass is 429 g/mol. The molecule has 29 heavy (non-hydrogen) atoms. The van der Waals surface area contributed by atoms with Crippen molar-refractivity contribution in [1.82, 2.24) is 4.98 Å². The van der Waals surface area contributed by atoms with E-state index in [2.05, 4.69) is 14.5 Å². The van der Waals surface area contributed by atoms with E-state index < -0.39 is 47.1 Å². The summed E-state index contributed by atoms with van der Waals surface area (Å²) in [5.41, 5.74) is -3.20. The number of hydrogen-bond donors (Lipinski definition) is 0. The smallest absolute Gasteiger partial charge is 0.493 e. The molecule has 1 aromatic carbocycles. The number of carbonyl (C=O) groups is 1. The van der Waals surface area contributed by atoms with E-state index >= 15 is 0 Å². The highest BCUT2D eigenvalue weighted by Crippen LogP contribution is 2.39. The number of hydrogen-bond acceptors (Lipinski definition) is 6. The molecule has 0 radical (unpaired) electrons. The summed E-state index contributed by atoms with van der Waals surface area (Å²) in [7, 11) is 1.84. The molecule has 13 heteroatoms. The number of ether oxygens (including phenoxy) is 4. The highest BCUT2D eigenvalue weighted by atomic mass is 19.4. The fraction of sp³-hybridized carbons (Fsp3) is 0.250. The number of aromatic nitrogens is 1. The SMILES string of the molecule is COC(=O)c1c(Oc2ccc(OC(F)(F)F)cc2OC)cnc(C(F)(F)F)c1F. The molecule has 0 fully saturated rings. The molecule has 0 amide bonds. The average Bonchev–Trinajstić information content (AvgIpc) is 2.60. The quantitative estimate of drug-likeness (QED) is 0.506. The predicted octanol–water partition coefficient (Wildman–Crippen LogP) is 4.73. The average molecular weight is 429 g/mol. The number of rotatable bonds is 5. The number of esters is 1. The summed E-state index contributed by atoms with van der Waals surface area (Å²) in [4.78, 5) is 14.7. The van der Waals surface area contributed by atoms with Crippen molar-refractivity contribution in [3.8, 4) is 23.0 Å². The number of alkyl halides is 6. The van der Waals surface area contributed by atoms with Gasteiger partial charge in [0, 0.05) is 6.07 Å². The van der Waals surface area contributed by atoms with Gasteiger partial charge in [0.15, 0.2) is 28.8 Å². The molecule has 2 rings (SSSR count). The second-order valence-corrected chi connectivity index (χ2v) is 5.11. The largest absolute Gasteiger partial charge is 0.573 e. The number of halogens is 7. The molecule has 0 aliphatic rings. The molecule has 2 aromatic rings. The Balaban J connectivity index is 2.51. The third-order valence-electron chi connectivity index (χ3n) is 3.23. The zero-order valence-electron chi connectivity index (χ0n) is 14.4. The van der Waals surface area contributed by atoms with Gasteiger partial charge in [-0.3, -0.25) is 0 Å². The third-order valence-corrected chi connectivity index (χ3v) is 3.23. The molecule has 0 N–H and O–H groups in total. The number of carbonyl (C=O) groups excluding carboxylic acids is 1. The van der Waals surface area contributed by atoms with Crippen LogP contribution in [0.4, 0.5) is 30.7 Å². The fourth-order valence-corrected chi connectivity index (χ4v) is 2.09. The summed E-state index contributed by atoms with van der Waals surface area (Å²) in [5.74, 6) is -5.74. The minimum Gasteiger partial charge on any atom is -0.493 e. The lowest BCUT2D eigenvalue weighted by Gasteiger charge is -2.16. The van der Waals surface area contributed by atoms with Crippen LogP contribution in [-0.4, -0.2) is 31.5 Å². The Kier molecular flexibility index (Phi) is 6.09. The van der Waals surface area contributed by atoms with Crippen molar-refractivity contribution >= 4 is 5.97 Å².